The molecule has 3 aromatic carbocycles. The Morgan fingerprint density at radius 2 is 1.75 bits per heavy atom. The van der Waals surface area contributed by atoms with Gasteiger partial charge in [0.05, 0.1) is 10.6 Å². The third-order valence-electron chi connectivity index (χ3n) is 4.22. The van der Waals surface area contributed by atoms with Crippen LogP contribution in [0.15, 0.2) is 65.1 Å². The summed E-state index contributed by atoms with van der Waals surface area (Å²) in [6.45, 7) is 0. The molecule has 0 saturated heterocycles. The number of anilines is 1. The minimum atomic E-state index is -0.211. The fraction of sp³-hybridized carbons (Fsp3) is 0.0500. The quantitative estimate of drug-likeness (QED) is 0.446. The smallest absolute Gasteiger partial charge is 0.257 e. The SMILES string of the molecule is O=C(Nc1ccc2c(c1)Cc1ccccc1-2)c1cc(Br)ccc1Cl. The van der Waals surface area contributed by atoms with Crippen LogP contribution in [0.5, 0.6) is 0 Å². The summed E-state index contributed by atoms with van der Waals surface area (Å²) in [6, 6.07) is 19.7. The van der Waals surface area contributed by atoms with Gasteiger partial charge in [-0.15, -0.1) is 0 Å². The third kappa shape index (κ3) is 2.74. The predicted molar refractivity (Wildman–Crippen MR) is 102 cm³/mol. The van der Waals surface area contributed by atoms with Crippen molar-refractivity contribution in [1.82, 2.24) is 0 Å². The number of halogens is 2. The Morgan fingerprint density at radius 1 is 0.958 bits per heavy atom. The maximum Gasteiger partial charge on any atom is 0.257 e. The van der Waals surface area contributed by atoms with Gasteiger partial charge < -0.3 is 5.32 Å². The van der Waals surface area contributed by atoms with Crippen molar-refractivity contribution in [3.63, 3.8) is 0 Å². The Balaban J connectivity index is 1.62. The Labute approximate surface area is 153 Å². The molecule has 4 heteroatoms. The van der Waals surface area contributed by atoms with E-state index in [0.717, 1.165) is 16.6 Å². The van der Waals surface area contributed by atoms with Gasteiger partial charge in [0.1, 0.15) is 0 Å². The monoisotopic (exact) mass is 397 g/mol. The number of carbonyl (C=O) groups excluding carboxylic acids is 1. The highest BCUT2D eigenvalue weighted by molar-refractivity contribution is 9.10. The first-order valence-electron chi connectivity index (χ1n) is 7.59. The first kappa shape index (κ1) is 15.4. The molecule has 0 radical (unpaired) electrons. The average Bonchev–Trinajstić information content (AvgIpc) is 2.94. The fourth-order valence-corrected chi connectivity index (χ4v) is 3.66. The molecule has 0 unspecified atom stereocenters. The van der Waals surface area contributed by atoms with E-state index >= 15 is 0 Å². The van der Waals surface area contributed by atoms with Gasteiger partial charge in [0.15, 0.2) is 0 Å². The molecule has 118 valence electrons. The summed E-state index contributed by atoms with van der Waals surface area (Å²) in [6.07, 6.45) is 0.896. The molecule has 0 aromatic heterocycles. The standard InChI is InChI=1S/C20H13BrClNO/c21-14-5-8-19(22)18(11-14)20(24)23-15-6-7-17-13(10-15)9-12-3-1-2-4-16(12)17/h1-8,10-11H,9H2,(H,23,24). The van der Waals surface area contributed by atoms with Crippen molar-refractivity contribution in [2.24, 2.45) is 0 Å². The van der Waals surface area contributed by atoms with Crippen molar-refractivity contribution in [1.29, 1.82) is 0 Å². The zero-order valence-corrected chi connectivity index (χ0v) is 15.0. The molecule has 1 aliphatic rings. The number of rotatable bonds is 2. The number of carbonyl (C=O) groups is 1. The number of benzene rings is 3. The van der Waals surface area contributed by atoms with Gasteiger partial charge >= 0.3 is 0 Å². The van der Waals surface area contributed by atoms with Crippen LogP contribution in [-0.2, 0) is 6.42 Å². The summed E-state index contributed by atoms with van der Waals surface area (Å²) in [7, 11) is 0. The first-order valence-corrected chi connectivity index (χ1v) is 8.76. The lowest BCUT2D eigenvalue weighted by Crippen LogP contribution is -2.12. The maximum atomic E-state index is 12.5. The summed E-state index contributed by atoms with van der Waals surface area (Å²) in [5, 5.41) is 3.37. The Morgan fingerprint density at radius 3 is 2.62 bits per heavy atom. The molecule has 0 bridgehead atoms. The van der Waals surface area contributed by atoms with Crippen LogP contribution in [0.25, 0.3) is 11.1 Å². The van der Waals surface area contributed by atoms with E-state index < -0.39 is 0 Å². The molecule has 4 rings (SSSR count). The van der Waals surface area contributed by atoms with E-state index in [-0.39, 0.29) is 5.91 Å². The van der Waals surface area contributed by atoms with Crippen LogP contribution < -0.4 is 5.32 Å². The van der Waals surface area contributed by atoms with Gasteiger partial charge in [0, 0.05) is 10.2 Å². The zero-order chi connectivity index (χ0) is 16.7. The molecule has 1 amide bonds. The summed E-state index contributed by atoms with van der Waals surface area (Å²) in [5.74, 6) is -0.211. The Hall–Kier alpha value is -2.10. The molecule has 1 aliphatic carbocycles. The van der Waals surface area contributed by atoms with Gasteiger partial charge in [-0.1, -0.05) is 57.9 Å². The maximum absolute atomic E-state index is 12.5. The molecule has 24 heavy (non-hydrogen) atoms. The molecular weight excluding hydrogens is 386 g/mol. The minimum absolute atomic E-state index is 0.211. The van der Waals surface area contributed by atoms with Crippen LogP contribution in [-0.4, -0.2) is 5.91 Å². The highest BCUT2D eigenvalue weighted by atomic mass is 79.9. The lowest BCUT2D eigenvalue weighted by molar-refractivity contribution is 0.102. The van der Waals surface area contributed by atoms with Gasteiger partial charge in [0.2, 0.25) is 0 Å². The van der Waals surface area contributed by atoms with E-state index in [1.165, 1.54) is 22.3 Å². The lowest BCUT2D eigenvalue weighted by Gasteiger charge is -2.09. The number of hydrogen-bond donors (Lipinski definition) is 1. The van der Waals surface area contributed by atoms with Gasteiger partial charge in [0.25, 0.3) is 5.91 Å². The van der Waals surface area contributed by atoms with Crippen molar-refractivity contribution in [3.05, 3.63) is 86.8 Å². The molecule has 0 spiro atoms. The Kier molecular flexibility index (Phi) is 3.91. The summed E-state index contributed by atoms with van der Waals surface area (Å²) < 4.78 is 0.821. The van der Waals surface area contributed by atoms with Gasteiger partial charge in [-0.25, -0.2) is 0 Å². The molecule has 1 N–H and O–H groups in total. The summed E-state index contributed by atoms with van der Waals surface area (Å²) >= 11 is 9.50. The molecule has 0 aliphatic heterocycles. The van der Waals surface area contributed by atoms with Gasteiger partial charge in [-0.05, 0) is 59.0 Å². The number of nitrogens with one attached hydrogen (secondary N) is 1. The van der Waals surface area contributed by atoms with Crippen LogP contribution in [0.3, 0.4) is 0 Å². The second kappa shape index (κ2) is 6.08. The van der Waals surface area contributed by atoms with Gasteiger partial charge in [-0.3, -0.25) is 4.79 Å². The van der Waals surface area contributed by atoms with E-state index in [0.29, 0.717) is 10.6 Å². The second-order valence-corrected chi connectivity index (χ2v) is 7.11. The largest absolute Gasteiger partial charge is 0.322 e. The molecular formula is C20H13BrClNO. The van der Waals surface area contributed by atoms with Crippen molar-refractivity contribution >= 4 is 39.1 Å². The molecule has 0 heterocycles. The van der Waals surface area contributed by atoms with Crippen molar-refractivity contribution in [3.8, 4) is 11.1 Å². The highest BCUT2D eigenvalue weighted by Crippen LogP contribution is 2.37. The molecule has 3 aromatic rings. The van der Waals surface area contributed by atoms with Crippen LogP contribution >= 0.6 is 27.5 Å². The van der Waals surface area contributed by atoms with E-state index in [4.69, 9.17) is 11.6 Å². The average molecular weight is 399 g/mol. The molecule has 0 fully saturated rings. The van der Waals surface area contributed by atoms with Crippen molar-refractivity contribution in [2.75, 3.05) is 5.32 Å². The molecule has 0 saturated carbocycles. The fourth-order valence-electron chi connectivity index (χ4n) is 3.09. The summed E-state index contributed by atoms with van der Waals surface area (Å²) in [4.78, 5) is 12.5. The van der Waals surface area contributed by atoms with E-state index in [1.807, 2.05) is 18.2 Å². The number of amides is 1. The second-order valence-electron chi connectivity index (χ2n) is 5.78. The van der Waals surface area contributed by atoms with Crippen molar-refractivity contribution in [2.45, 2.75) is 6.42 Å². The number of hydrogen-bond acceptors (Lipinski definition) is 1. The molecule has 0 atom stereocenters. The van der Waals surface area contributed by atoms with Crippen LogP contribution in [0.2, 0.25) is 5.02 Å². The van der Waals surface area contributed by atoms with Gasteiger partial charge in [-0.2, -0.15) is 0 Å². The predicted octanol–water partition coefficient (Wildman–Crippen LogP) is 5.93. The minimum Gasteiger partial charge on any atom is -0.322 e. The zero-order valence-electron chi connectivity index (χ0n) is 12.6. The van der Waals surface area contributed by atoms with E-state index in [1.54, 1.807) is 12.1 Å². The highest BCUT2D eigenvalue weighted by Gasteiger charge is 2.18. The van der Waals surface area contributed by atoms with Crippen LogP contribution in [0.4, 0.5) is 5.69 Å². The van der Waals surface area contributed by atoms with Crippen LogP contribution in [0, 0.1) is 0 Å². The first-order chi connectivity index (χ1) is 11.6. The van der Waals surface area contributed by atoms with E-state index in [9.17, 15) is 4.79 Å². The molecule has 2 nitrogen and oxygen atoms in total. The third-order valence-corrected chi connectivity index (χ3v) is 5.05. The number of fused-ring (bicyclic) bond motifs is 3. The topological polar surface area (TPSA) is 29.1 Å². The Bertz CT molecular complexity index is 968. The van der Waals surface area contributed by atoms with E-state index in [2.05, 4.69) is 51.6 Å². The summed E-state index contributed by atoms with van der Waals surface area (Å²) in [5.41, 5.74) is 6.31. The lowest BCUT2D eigenvalue weighted by atomic mass is 10.1. The van der Waals surface area contributed by atoms with Crippen LogP contribution in [0.1, 0.15) is 21.5 Å². The normalized spacial score (nSPS) is 11.8. The van der Waals surface area contributed by atoms with Crippen molar-refractivity contribution < 1.29 is 4.79 Å².